The quantitative estimate of drug-likeness (QED) is 0.454. The van der Waals surface area contributed by atoms with Crippen LogP contribution in [0.15, 0.2) is 78.5 Å². The summed E-state index contributed by atoms with van der Waals surface area (Å²) in [4.78, 5) is 37.2. The summed E-state index contributed by atoms with van der Waals surface area (Å²) in [6.45, 7) is 0. The van der Waals surface area contributed by atoms with E-state index in [4.69, 9.17) is 9.47 Å². The first-order valence-electron chi connectivity index (χ1n) is 9.86. The summed E-state index contributed by atoms with van der Waals surface area (Å²) in [6.07, 6.45) is 1.50. The van der Waals surface area contributed by atoms with Gasteiger partial charge in [0.05, 0.1) is 25.5 Å². The molecule has 0 fully saturated rings. The van der Waals surface area contributed by atoms with Crippen molar-refractivity contribution in [2.45, 2.75) is 0 Å². The van der Waals surface area contributed by atoms with E-state index < -0.39 is 17.8 Å². The lowest BCUT2D eigenvalue weighted by molar-refractivity contribution is -0.113. The molecule has 0 spiro atoms. The van der Waals surface area contributed by atoms with E-state index in [1.807, 2.05) is 0 Å². The molecule has 0 aliphatic rings. The van der Waals surface area contributed by atoms with E-state index in [2.05, 4.69) is 10.6 Å². The van der Waals surface area contributed by atoms with Gasteiger partial charge in [-0.1, -0.05) is 30.3 Å². The van der Waals surface area contributed by atoms with Gasteiger partial charge in [0.25, 0.3) is 11.8 Å². The molecule has 0 atom stereocenters. The van der Waals surface area contributed by atoms with Gasteiger partial charge in [-0.15, -0.1) is 0 Å². The first kappa shape index (κ1) is 23.1. The van der Waals surface area contributed by atoms with Crippen molar-refractivity contribution in [1.29, 1.82) is 0 Å². The van der Waals surface area contributed by atoms with Gasteiger partial charge < -0.3 is 25.2 Å². The van der Waals surface area contributed by atoms with Crippen LogP contribution >= 0.6 is 0 Å². The first-order chi connectivity index (χ1) is 15.9. The van der Waals surface area contributed by atoms with Crippen molar-refractivity contribution >= 4 is 29.5 Å². The Bertz CT molecular complexity index is 1190. The third-order valence-corrected chi connectivity index (χ3v) is 4.65. The normalized spacial score (nSPS) is 10.8. The third-order valence-electron chi connectivity index (χ3n) is 4.65. The molecule has 8 nitrogen and oxygen atoms in total. The molecule has 0 aliphatic heterocycles. The van der Waals surface area contributed by atoms with Crippen molar-refractivity contribution in [2.75, 3.05) is 19.5 Å². The second-order valence-electron chi connectivity index (χ2n) is 6.83. The van der Waals surface area contributed by atoms with Crippen LogP contribution in [-0.4, -0.2) is 37.1 Å². The predicted molar refractivity (Wildman–Crippen MR) is 123 cm³/mol. The van der Waals surface area contributed by atoms with Gasteiger partial charge in [-0.25, -0.2) is 4.79 Å². The van der Waals surface area contributed by atoms with E-state index in [0.29, 0.717) is 16.9 Å². The highest BCUT2D eigenvalue weighted by molar-refractivity contribution is 6.11. The Balaban J connectivity index is 1.95. The highest BCUT2D eigenvalue weighted by Gasteiger charge is 2.18. The fourth-order valence-electron chi connectivity index (χ4n) is 2.94. The van der Waals surface area contributed by atoms with E-state index in [-0.39, 0.29) is 22.7 Å². The van der Waals surface area contributed by atoms with Crippen molar-refractivity contribution in [3.8, 4) is 11.5 Å². The molecule has 0 heterocycles. The number of benzene rings is 3. The molecule has 3 aromatic rings. The molecular formula is C25H22N2O6. The van der Waals surface area contributed by atoms with Crippen LogP contribution in [0.4, 0.5) is 5.69 Å². The number of carbonyl (C=O) groups excluding carboxylic acids is 2. The Labute approximate surface area is 190 Å². The summed E-state index contributed by atoms with van der Waals surface area (Å²) in [6, 6.07) is 19.4. The lowest BCUT2D eigenvalue weighted by atomic mass is 10.1. The molecule has 0 saturated carbocycles. The lowest BCUT2D eigenvalue weighted by Crippen LogP contribution is -2.30. The van der Waals surface area contributed by atoms with Gasteiger partial charge in [-0.2, -0.15) is 0 Å². The number of rotatable bonds is 8. The van der Waals surface area contributed by atoms with Crippen LogP contribution in [0.1, 0.15) is 26.3 Å². The molecule has 0 bridgehead atoms. The van der Waals surface area contributed by atoms with Gasteiger partial charge in [0.2, 0.25) is 0 Å². The van der Waals surface area contributed by atoms with Crippen molar-refractivity contribution in [2.24, 2.45) is 0 Å². The Hall–Kier alpha value is -4.59. The summed E-state index contributed by atoms with van der Waals surface area (Å²) in [5.41, 5.74) is 1.09. The SMILES string of the molecule is COc1ccc(C=C(NC(=O)c2ccccc2)C(=O)Nc2cc(C(=O)O)ccc2OC)cc1. The number of hydrogen-bond acceptors (Lipinski definition) is 5. The molecule has 0 unspecified atom stereocenters. The lowest BCUT2D eigenvalue weighted by Gasteiger charge is -2.14. The summed E-state index contributed by atoms with van der Waals surface area (Å²) in [5, 5.41) is 14.5. The number of hydrogen-bond donors (Lipinski definition) is 3. The Kier molecular flexibility index (Phi) is 7.43. The average molecular weight is 446 g/mol. The van der Waals surface area contributed by atoms with E-state index >= 15 is 0 Å². The minimum atomic E-state index is -1.15. The van der Waals surface area contributed by atoms with E-state index in [1.165, 1.54) is 31.4 Å². The van der Waals surface area contributed by atoms with Crippen LogP contribution in [-0.2, 0) is 4.79 Å². The zero-order chi connectivity index (χ0) is 23.8. The number of nitrogens with one attached hydrogen (secondary N) is 2. The van der Waals surface area contributed by atoms with Gasteiger partial charge in [0, 0.05) is 5.56 Å². The fourth-order valence-corrected chi connectivity index (χ4v) is 2.94. The number of amides is 2. The predicted octanol–water partition coefficient (Wildman–Crippen LogP) is 3.81. The molecule has 3 rings (SSSR count). The summed E-state index contributed by atoms with van der Waals surface area (Å²) in [5.74, 6) is -1.37. The highest BCUT2D eigenvalue weighted by atomic mass is 16.5. The third kappa shape index (κ3) is 5.98. The maximum absolute atomic E-state index is 13.1. The molecule has 3 aromatic carbocycles. The Morgan fingerprint density at radius 1 is 0.848 bits per heavy atom. The number of methoxy groups -OCH3 is 2. The minimum Gasteiger partial charge on any atom is -0.497 e. The van der Waals surface area contributed by atoms with Crippen LogP contribution < -0.4 is 20.1 Å². The summed E-state index contributed by atoms with van der Waals surface area (Å²) < 4.78 is 10.4. The van der Waals surface area contributed by atoms with Crippen LogP contribution in [0.2, 0.25) is 0 Å². The summed E-state index contributed by atoms with van der Waals surface area (Å²) in [7, 11) is 2.94. The second-order valence-corrected chi connectivity index (χ2v) is 6.83. The maximum atomic E-state index is 13.1. The fraction of sp³-hybridized carbons (Fsp3) is 0.0800. The molecule has 0 saturated heterocycles. The van der Waals surface area contributed by atoms with Crippen molar-refractivity contribution in [3.63, 3.8) is 0 Å². The first-order valence-corrected chi connectivity index (χ1v) is 9.86. The standard InChI is InChI=1S/C25H22N2O6/c1-32-19-11-8-16(9-12-19)14-21(27-23(28)17-6-4-3-5-7-17)24(29)26-20-15-18(25(30)31)10-13-22(20)33-2/h3-15H,1-2H3,(H,26,29)(H,27,28)(H,30,31). The zero-order valence-electron chi connectivity index (χ0n) is 18.0. The Morgan fingerprint density at radius 2 is 1.55 bits per heavy atom. The molecule has 0 radical (unpaired) electrons. The zero-order valence-corrected chi connectivity index (χ0v) is 18.0. The molecule has 3 N–H and O–H groups in total. The Morgan fingerprint density at radius 3 is 2.15 bits per heavy atom. The van der Waals surface area contributed by atoms with E-state index in [9.17, 15) is 19.5 Å². The average Bonchev–Trinajstić information content (AvgIpc) is 2.84. The molecule has 8 heteroatoms. The molecule has 168 valence electrons. The number of carboxylic acids is 1. The number of carbonyl (C=O) groups is 3. The monoisotopic (exact) mass is 446 g/mol. The van der Waals surface area contributed by atoms with E-state index in [0.717, 1.165) is 0 Å². The topological polar surface area (TPSA) is 114 Å². The van der Waals surface area contributed by atoms with Crippen molar-refractivity contribution in [3.05, 3.63) is 95.2 Å². The van der Waals surface area contributed by atoms with Crippen LogP contribution in [0.25, 0.3) is 6.08 Å². The summed E-state index contributed by atoms with van der Waals surface area (Å²) >= 11 is 0. The number of aromatic carboxylic acids is 1. The van der Waals surface area contributed by atoms with E-state index in [1.54, 1.807) is 61.7 Å². The van der Waals surface area contributed by atoms with Crippen LogP contribution in [0.3, 0.4) is 0 Å². The largest absolute Gasteiger partial charge is 0.497 e. The van der Waals surface area contributed by atoms with Crippen molar-refractivity contribution < 1.29 is 29.0 Å². The van der Waals surface area contributed by atoms with Gasteiger partial charge in [0.15, 0.2) is 0 Å². The van der Waals surface area contributed by atoms with Gasteiger partial charge >= 0.3 is 5.97 Å². The minimum absolute atomic E-state index is 0.0277. The highest BCUT2D eigenvalue weighted by Crippen LogP contribution is 2.26. The number of ether oxygens (including phenoxy) is 2. The number of anilines is 1. The molecule has 33 heavy (non-hydrogen) atoms. The molecule has 0 aromatic heterocycles. The molecule has 0 aliphatic carbocycles. The number of carboxylic acid groups (broad SMARTS) is 1. The molecular weight excluding hydrogens is 424 g/mol. The van der Waals surface area contributed by atoms with Gasteiger partial charge in [0.1, 0.15) is 17.2 Å². The van der Waals surface area contributed by atoms with Gasteiger partial charge in [-0.05, 0) is 54.1 Å². The van der Waals surface area contributed by atoms with Crippen molar-refractivity contribution in [1.82, 2.24) is 5.32 Å². The second kappa shape index (κ2) is 10.6. The smallest absolute Gasteiger partial charge is 0.335 e. The molecule has 2 amide bonds. The maximum Gasteiger partial charge on any atom is 0.335 e. The van der Waals surface area contributed by atoms with Crippen LogP contribution in [0, 0.1) is 0 Å². The van der Waals surface area contributed by atoms with Crippen LogP contribution in [0.5, 0.6) is 11.5 Å². The van der Waals surface area contributed by atoms with Gasteiger partial charge in [-0.3, -0.25) is 9.59 Å².